The second-order valence-corrected chi connectivity index (χ2v) is 16.6. The molecule has 0 aliphatic rings. The van der Waals surface area contributed by atoms with Crippen LogP contribution in [0.5, 0.6) is 0 Å². The van der Waals surface area contributed by atoms with Crippen LogP contribution in [-0.4, -0.2) is 26.4 Å². The summed E-state index contributed by atoms with van der Waals surface area (Å²) < 4.78 is 12.8. The van der Waals surface area contributed by atoms with Crippen LogP contribution in [0, 0.1) is 0 Å². The van der Waals surface area contributed by atoms with E-state index in [0.29, 0.717) is 0 Å². The predicted molar refractivity (Wildman–Crippen MR) is 42.9 cm³/mol. The third-order valence-electron chi connectivity index (χ3n) is 1.81. The summed E-state index contributed by atoms with van der Waals surface area (Å²) in [4.78, 5) is 0. The van der Waals surface area contributed by atoms with Crippen LogP contribution < -0.4 is 0 Å². The van der Waals surface area contributed by atoms with E-state index in [9.17, 15) is 0 Å². The second-order valence-electron chi connectivity index (χ2n) is 2.50. The summed E-state index contributed by atoms with van der Waals surface area (Å²) in [6.45, 7) is 0. The van der Waals surface area contributed by atoms with Crippen molar-refractivity contribution in [2.24, 2.45) is 0 Å². The summed E-state index contributed by atoms with van der Waals surface area (Å²) in [7, 11) is 15.1. The number of rotatable bonds is 7. The minimum atomic E-state index is -1.11. The normalized spacial score (nSPS) is 14.7. The van der Waals surface area contributed by atoms with Gasteiger partial charge in [0.1, 0.15) is 0 Å². The average Bonchev–Trinajstić information content (AvgIpc) is 2.11. The van der Waals surface area contributed by atoms with Crippen molar-refractivity contribution in [2.75, 3.05) is 14.2 Å². The average molecular weight is 588 g/mol. The molecule has 0 bridgehead atoms. The first-order chi connectivity index (χ1) is 5.79. The molecule has 0 N–H and O–H groups in total. The van der Waals surface area contributed by atoms with Crippen molar-refractivity contribution in [3.8, 4) is 0 Å². The third-order valence-corrected chi connectivity index (χ3v) is 11.8. The standard InChI is InChI=1S/C6H12O2.2ClH.2Hg/c1-5(7-3)6(2)8-4;;;;/h5-6H,1-2H2,3-4H3;2*1H;;/q;;;2*+1/p-2. The fourth-order valence-corrected chi connectivity index (χ4v) is 11.3. The summed E-state index contributed by atoms with van der Waals surface area (Å²) in [5.41, 5.74) is 0. The van der Waals surface area contributed by atoms with Crippen LogP contribution in [0.4, 0.5) is 0 Å². The molecule has 0 aromatic carbocycles. The summed E-state index contributed by atoms with van der Waals surface area (Å²) in [5, 5.41) is 0. The van der Waals surface area contributed by atoms with Crippen molar-refractivity contribution in [1.29, 1.82) is 0 Å². The van der Waals surface area contributed by atoms with Gasteiger partial charge in [0.05, 0.1) is 0 Å². The number of hydrogen-bond donors (Lipinski definition) is 0. The third kappa shape index (κ3) is 5.97. The van der Waals surface area contributed by atoms with E-state index in [1.54, 1.807) is 14.2 Å². The molecule has 0 aliphatic carbocycles. The molecule has 66 valence electrons. The predicted octanol–water partition coefficient (Wildman–Crippen LogP) is 2.33. The van der Waals surface area contributed by atoms with Crippen molar-refractivity contribution < 1.29 is 56.2 Å². The van der Waals surface area contributed by atoms with Crippen LogP contribution >= 0.6 is 16.5 Å². The molecule has 0 radical (unpaired) electrons. The molecule has 0 rings (SSSR count). The van der Waals surface area contributed by atoms with Crippen molar-refractivity contribution in [3.63, 3.8) is 0 Å². The van der Waals surface area contributed by atoms with Gasteiger partial charge in [0.15, 0.2) is 0 Å². The maximum atomic E-state index is 5.85. The fraction of sp³-hybridized carbons (Fsp3) is 1.00. The van der Waals surface area contributed by atoms with E-state index in [1.165, 1.54) is 0 Å². The summed E-state index contributed by atoms with van der Waals surface area (Å²) in [6, 6.07) is 0. The van der Waals surface area contributed by atoms with E-state index in [1.807, 2.05) is 0 Å². The Kier molecular flexibility index (Phi) is 11.9. The van der Waals surface area contributed by atoms with Crippen LogP contribution in [0.2, 0.25) is 7.86 Å². The van der Waals surface area contributed by atoms with Crippen LogP contribution in [-0.2, 0) is 56.2 Å². The van der Waals surface area contributed by atoms with Crippen LogP contribution in [0.25, 0.3) is 0 Å². The first kappa shape index (κ1) is 14.4. The van der Waals surface area contributed by atoms with Gasteiger partial charge in [-0.3, -0.25) is 0 Å². The zero-order chi connectivity index (χ0) is 9.40. The van der Waals surface area contributed by atoms with Gasteiger partial charge in [-0.05, 0) is 0 Å². The zero-order valence-electron chi connectivity index (χ0n) is 7.56. The van der Waals surface area contributed by atoms with E-state index in [0.717, 1.165) is 7.86 Å². The molecule has 0 amide bonds. The summed E-state index contributed by atoms with van der Waals surface area (Å²) in [5.74, 6) is 0. The fourth-order valence-electron chi connectivity index (χ4n) is 1.13. The van der Waals surface area contributed by atoms with Gasteiger partial charge in [0.2, 0.25) is 0 Å². The molecule has 0 saturated heterocycles. The molecule has 12 heavy (non-hydrogen) atoms. The maximum absolute atomic E-state index is 5.85. The van der Waals surface area contributed by atoms with E-state index in [4.69, 9.17) is 26.0 Å². The second kappa shape index (κ2) is 9.91. The Hall–Kier alpha value is 2.37. The molecule has 0 aromatic rings. The first-order valence-corrected chi connectivity index (χ1v) is 25.3. The zero-order valence-corrected chi connectivity index (χ0v) is 20.1. The Morgan fingerprint density at radius 2 is 1.33 bits per heavy atom. The van der Waals surface area contributed by atoms with Crippen molar-refractivity contribution in [2.45, 2.75) is 20.1 Å². The van der Waals surface area contributed by atoms with Gasteiger partial charge in [-0.2, -0.15) is 0 Å². The van der Waals surface area contributed by atoms with E-state index in [-0.39, 0.29) is 12.2 Å². The Labute approximate surface area is 105 Å². The number of ether oxygens (including phenoxy) is 2. The van der Waals surface area contributed by atoms with Gasteiger partial charge in [-0.1, -0.05) is 0 Å². The van der Waals surface area contributed by atoms with Gasteiger partial charge in [-0.25, -0.2) is 0 Å². The Morgan fingerprint density at radius 3 is 1.50 bits per heavy atom. The van der Waals surface area contributed by atoms with Gasteiger partial charge >= 0.3 is 107 Å². The quantitative estimate of drug-likeness (QED) is 0.426. The molecule has 0 heterocycles. The number of halogens is 2. The van der Waals surface area contributed by atoms with Gasteiger partial charge in [0.25, 0.3) is 0 Å². The van der Waals surface area contributed by atoms with Crippen LogP contribution in [0.1, 0.15) is 0 Å². The van der Waals surface area contributed by atoms with Gasteiger partial charge in [-0.15, -0.1) is 0 Å². The SMILES string of the molecule is COC([CH2][Hg][Cl])C([CH2][Hg][Cl])OC. The molecule has 0 fully saturated rings. The Bertz CT molecular complexity index is 95.5. The molecule has 0 spiro atoms. The topological polar surface area (TPSA) is 18.5 Å². The molecule has 0 saturated carbocycles. The van der Waals surface area contributed by atoms with Gasteiger partial charge < -0.3 is 0 Å². The van der Waals surface area contributed by atoms with Crippen molar-refractivity contribution in [1.82, 2.24) is 0 Å². The Balaban J connectivity index is 3.84. The summed E-state index contributed by atoms with van der Waals surface area (Å²) in [6.07, 6.45) is 0.431. The van der Waals surface area contributed by atoms with Crippen LogP contribution in [0.3, 0.4) is 0 Å². The van der Waals surface area contributed by atoms with Crippen molar-refractivity contribution >= 4 is 16.5 Å². The summed E-state index contributed by atoms with van der Waals surface area (Å²) >= 11 is -2.22. The molecular formula is C6H12Cl2Hg2O2. The molecule has 0 aromatic heterocycles. The van der Waals surface area contributed by atoms with E-state index >= 15 is 0 Å². The molecular weight excluding hydrogens is 576 g/mol. The Morgan fingerprint density at radius 1 is 1.00 bits per heavy atom. The number of methoxy groups -OCH3 is 2. The number of hydrogen-bond acceptors (Lipinski definition) is 2. The van der Waals surface area contributed by atoms with Gasteiger partial charge in [0, 0.05) is 0 Å². The first-order valence-electron chi connectivity index (χ1n) is 3.97. The van der Waals surface area contributed by atoms with E-state index in [2.05, 4.69) is 0 Å². The van der Waals surface area contributed by atoms with Crippen molar-refractivity contribution in [3.05, 3.63) is 0 Å². The molecule has 6 heteroatoms. The molecule has 2 atom stereocenters. The molecule has 2 unspecified atom stereocenters. The minimum absolute atomic E-state index is 0.216. The van der Waals surface area contributed by atoms with Crippen LogP contribution in [0.15, 0.2) is 0 Å². The molecule has 0 aliphatic heterocycles. The monoisotopic (exact) mass is 590 g/mol. The van der Waals surface area contributed by atoms with E-state index < -0.39 is 46.7 Å². The molecule has 2 nitrogen and oxygen atoms in total.